The van der Waals surface area contributed by atoms with Crippen molar-refractivity contribution in [3.8, 4) is 0 Å². The van der Waals surface area contributed by atoms with E-state index in [1.807, 2.05) is 0 Å². The first kappa shape index (κ1) is 21.6. The van der Waals surface area contributed by atoms with E-state index in [4.69, 9.17) is 14.6 Å². The first-order chi connectivity index (χ1) is 14.1. The van der Waals surface area contributed by atoms with E-state index in [9.17, 15) is 9.90 Å². The number of carbonyl (C=O) groups is 2. The van der Waals surface area contributed by atoms with Crippen molar-refractivity contribution in [1.82, 2.24) is 30.4 Å². The van der Waals surface area contributed by atoms with Gasteiger partial charge in [0, 0.05) is 32.7 Å². The number of aliphatic hydroxyl groups excluding tert-OH is 1. The Morgan fingerprint density at radius 1 is 1.28 bits per heavy atom. The number of likely N-dealkylation sites (tertiary alicyclic amines) is 1. The Kier molecular flexibility index (Phi) is 7.90. The number of carbonyl (C=O) groups excluding carboxylic acids is 1. The molecule has 3 heterocycles. The normalized spacial score (nSPS) is 31.6. The van der Waals surface area contributed by atoms with Gasteiger partial charge in [-0.15, -0.1) is 5.10 Å². The zero-order valence-electron chi connectivity index (χ0n) is 16.5. The van der Waals surface area contributed by atoms with Crippen LogP contribution in [0.5, 0.6) is 0 Å². The quantitative estimate of drug-likeness (QED) is 0.510. The van der Waals surface area contributed by atoms with Gasteiger partial charge in [-0.1, -0.05) is 6.42 Å². The maximum absolute atomic E-state index is 12.2. The van der Waals surface area contributed by atoms with Crippen LogP contribution in [-0.4, -0.2) is 92.2 Å². The number of hydrogen-bond acceptors (Lipinski definition) is 8. The van der Waals surface area contributed by atoms with E-state index in [1.165, 1.54) is 30.3 Å². The van der Waals surface area contributed by atoms with E-state index in [2.05, 4.69) is 25.7 Å². The molecule has 162 valence electrons. The summed E-state index contributed by atoms with van der Waals surface area (Å²) < 4.78 is 7.35. The number of fused-ring (bicyclic) bond motifs is 1. The molecule has 5 atom stereocenters. The van der Waals surface area contributed by atoms with Gasteiger partial charge in [0.25, 0.3) is 6.47 Å². The standard InChI is InChI=1S/C17H28N6O3.CH2O2/c24-16(4-6-23-11-18-20-21-23)19-14-5-7-26-15(17(14)25)10-22-8-12-2-1-3-13(12)9-22;2-1-3/h11-15,17,25H,1-10H2,(H,19,24);1H,(H,2,3)/t12-,13+,14-,15+,17-;/m0./s1. The molecular formula is C18H30N6O5. The van der Waals surface area contributed by atoms with Crippen molar-refractivity contribution in [1.29, 1.82) is 0 Å². The third-order valence-corrected chi connectivity index (χ3v) is 6.10. The van der Waals surface area contributed by atoms with Crippen LogP contribution >= 0.6 is 0 Å². The molecule has 0 unspecified atom stereocenters. The van der Waals surface area contributed by atoms with Crippen LogP contribution in [0.3, 0.4) is 0 Å². The number of carboxylic acid groups (broad SMARTS) is 1. The summed E-state index contributed by atoms with van der Waals surface area (Å²) in [6.07, 6.45) is 5.57. The molecule has 0 aromatic carbocycles. The Hall–Kier alpha value is -2.11. The number of tetrazole rings is 1. The second-order valence-corrected chi connectivity index (χ2v) is 7.96. The van der Waals surface area contributed by atoms with E-state index in [-0.39, 0.29) is 30.9 Å². The van der Waals surface area contributed by atoms with Crippen LogP contribution in [0.15, 0.2) is 6.33 Å². The lowest BCUT2D eigenvalue weighted by Crippen LogP contribution is -2.56. The van der Waals surface area contributed by atoms with Crippen LogP contribution in [0.1, 0.15) is 32.1 Å². The largest absolute Gasteiger partial charge is 0.483 e. The molecule has 3 aliphatic rings. The fraction of sp³-hybridized carbons (Fsp3) is 0.833. The summed E-state index contributed by atoms with van der Waals surface area (Å²) in [5, 5.41) is 31.4. The van der Waals surface area contributed by atoms with Gasteiger partial charge in [0.1, 0.15) is 12.4 Å². The molecule has 1 amide bonds. The molecule has 4 rings (SSSR count). The minimum atomic E-state index is -0.666. The molecule has 1 aliphatic carbocycles. The molecule has 2 aliphatic heterocycles. The number of nitrogens with zero attached hydrogens (tertiary/aromatic N) is 5. The average molecular weight is 410 g/mol. The number of ether oxygens (including phenoxy) is 1. The minimum Gasteiger partial charge on any atom is -0.483 e. The predicted molar refractivity (Wildman–Crippen MR) is 101 cm³/mol. The molecular weight excluding hydrogens is 380 g/mol. The lowest BCUT2D eigenvalue weighted by molar-refractivity contribution is -0.129. The van der Waals surface area contributed by atoms with Crippen molar-refractivity contribution in [2.45, 2.75) is 56.9 Å². The van der Waals surface area contributed by atoms with Crippen LogP contribution in [0.25, 0.3) is 0 Å². The van der Waals surface area contributed by atoms with Gasteiger partial charge in [-0.05, 0) is 41.5 Å². The summed E-state index contributed by atoms with van der Waals surface area (Å²) in [7, 11) is 0. The van der Waals surface area contributed by atoms with Gasteiger partial charge in [0.15, 0.2) is 0 Å². The lowest BCUT2D eigenvalue weighted by Gasteiger charge is -2.37. The minimum absolute atomic E-state index is 0.0964. The van der Waals surface area contributed by atoms with Crippen molar-refractivity contribution in [2.24, 2.45) is 11.8 Å². The molecule has 3 N–H and O–H groups in total. The summed E-state index contributed by atoms with van der Waals surface area (Å²) in [5.74, 6) is 1.57. The molecule has 11 heteroatoms. The van der Waals surface area contributed by atoms with Gasteiger partial charge in [0.2, 0.25) is 5.91 Å². The first-order valence-electron chi connectivity index (χ1n) is 10.2. The maximum atomic E-state index is 12.2. The zero-order chi connectivity index (χ0) is 20.6. The molecule has 0 radical (unpaired) electrons. The van der Waals surface area contributed by atoms with Crippen LogP contribution in [0, 0.1) is 11.8 Å². The van der Waals surface area contributed by atoms with Gasteiger partial charge in [-0.2, -0.15) is 0 Å². The van der Waals surface area contributed by atoms with Gasteiger partial charge in [0.05, 0.1) is 18.7 Å². The number of rotatable bonds is 6. The molecule has 1 aromatic heterocycles. The maximum Gasteiger partial charge on any atom is 0.290 e. The number of hydrogen-bond donors (Lipinski definition) is 3. The van der Waals surface area contributed by atoms with Crippen molar-refractivity contribution < 1.29 is 24.5 Å². The van der Waals surface area contributed by atoms with Crippen LogP contribution in [0.2, 0.25) is 0 Å². The third kappa shape index (κ3) is 5.94. The molecule has 1 saturated carbocycles. The summed E-state index contributed by atoms with van der Waals surface area (Å²) >= 11 is 0. The highest BCUT2D eigenvalue weighted by Gasteiger charge is 2.40. The van der Waals surface area contributed by atoms with E-state index in [0.717, 1.165) is 31.5 Å². The summed E-state index contributed by atoms with van der Waals surface area (Å²) in [6, 6.07) is -0.253. The molecule has 3 fully saturated rings. The number of amides is 1. The molecule has 29 heavy (non-hydrogen) atoms. The summed E-state index contributed by atoms with van der Waals surface area (Å²) in [4.78, 5) is 23.0. The third-order valence-electron chi connectivity index (χ3n) is 6.10. The van der Waals surface area contributed by atoms with Crippen LogP contribution in [0.4, 0.5) is 0 Å². The monoisotopic (exact) mass is 410 g/mol. The summed E-state index contributed by atoms with van der Waals surface area (Å²) in [5.41, 5.74) is 0. The fourth-order valence-corrected chi connectivity index (χ4v) is 4.71. The van der Waals surface area contributed by atoms with Gasteiger partial charge < -0.3 is 25.2 Å². The van der Waals surface area contributed by atoms with Crippen molar-refractivity contribution in [2.75, 3.05) is 26.2 Å². The number of aromatic nitrogens is 4. The van der Waals surface area contributed by atoms with E-state index in [1.54, 1.807) is 0 Å². The Morgan fingerprint density at radius 3 is 2.66 bits per heavy atom. The Labute approximate surface area is 169 Å². The lowest BCUT2D eigenvalue weighted by atomic mass is 9.98. The van der Waals surface area contributed by atoms with Crippen LogP contribution < -0.4 is 5.32 Å². The van der Waals surface area contributed by atoms with Crippen molar-refractivity contribution in [3.05, 3.63) is 6.33 Å². The van der Waals surface area contributed by atoms with Crippen molar-refractivity contribution in [3.63, 3.8) is 0 Å². The molecule has 11 nitrogen and oxygen atoms in total. The van der Waals surface area contributed by atoms with Gasteiger partial charge in [-0.3, -0.25) is 9.59 Å². The second kappa shape index (κ2) is 10.6. The average Bonchev–Trinajstić information content (AvgIpc) is 3.42. The Morgan fingerprint density at radius 2 is 2.00 bits per heavy atom. The molecule has 0 bridgehead atoms. The number of nitrogens with one attached hydrogen (secondary N) is 1. The SMILES string of the molecule is O=C(CCn1cnnn1)N[C@H]1CCO[C@H](CN2C[C@H]3CCC[C@H]3C2)[C@H]1O.O=CO. The highest BCUT2D eigenvalue weighted by atomic mass is 16.5. The second-order valence-electron chi connectivity index (χ2n) is 7.96. The zero-order valence-corrected chi connectivity index (χ0v) is 16.5. The van der Waals surface area contributed by atoms with Gasteiger partial charge >= 0.3 is 0 Å². The van der Waals surface area contributed by atoms with Crippen LogP contribution in [-0.2, 0) is 20.9 Å². The highest BCUT2D eigenvalue weighted by Crippen LogP contribution is 2.38. The van der Waals surface area contributed by atoms with Gasteiger partial charge in [-0.25, -0.2) is 4.68 Å². The van der Waals surface area contributed by atoms with E-state index >= 15 is 0 Å². The van der Waals surface area contributed by atoms with Crippen molar-refractivity contribution >= 4 is 12.4 Å². The topological polar surface area (TPSA) is 143 Å². The number of aryl methyl sites for hydroxylation is 1. The first-order valence-corrected chi connectivity index (χ1v) is 10.2. The molecule has 1 aromatic rings. The molecule has 2 saturated heterocycles. The predicted octanol–water partition coefficient (Wildman–Crippen LogP) is -0.869. The smallest absolute Gasteiger partial charge is 0.290 e. The van der Waals surface area contributed by atoms with E-state index in [0.29, 0.717) is 19.6 Å². The Balaban J connectivity index is 0.000000755. The summed E-state index contributed by atoms with van der Waals surface area (Å²) in [6.45, 7) is 3.75. The fourth-order valence-electron chi connectivity index (χ4n) is 4.71. The van der Waals surface area contributed by atoms with E-state index < -0.39 is 6.10 Å². The highest BCUT2D eigenvalue weighted by molar-refractivity contribution is 5.76. The number of aliphatic hydroxyl groups is 1. The Bertz CT molecular complexity index is 633. The molecule has 0 spiro atoms.